The highest BCUT2D eigenvalue weighted by molar-refractivity contribution is 5.59. The second-order valence-corrected chi connectivity index (χ2v) is 6.46. The SMILES string of the molecule is COc1ccccc1OCc1cccc(-c2nnc(-c3ccc(OC(F)F)cc3)o2)c1. The fourth-order valence-electron chi connectivity index (χ4n) is 2.93. The Hall–Kier alpha value is -3.94. The van der Waals surface area contributed by atoms with E-state index in [4.69, 9.17) is 13.9 Å². The third-order valence-corrected chi connectivity index (χ3v) is 4.39. The highest BCUT2D eigenvalue weighted by Crippen LogP contribution is 2.28. The third-order valence-electron chi connectivity index (χ3n) is 4.39. The number of aromatic nitrogens is 2. The van der Waals surface area contributed by atoms with Gasteiger partial charge in [-0.3, -0.25) is 0 Å². The molecule has 3 aromatic carbocycles. The number of hydrogen-bond acceptors (Lipinski definition) is 6. The van der Waals surface area contributed by atoms with Crippen LogP contribution in [-0.2, 0) is 6.61 Å². The molecule has 0 spiro atoms. The van der Waals surface area contributed by atoms with E-state index in [1.807, 2.05) is 48.5 Å². The number of rotatable bonds is 8. The van der Waals surface area contributed by atoms with Gasteiger partial charge in [0.2, 0.25) is 11.8 Å². The highest BCUT2D eigenvalue weighted by Gasteiger charge is 2.12. The molecule has 4 aromatic rings. The summed E-state index contributed by atoms with van der Waals surface area (Å²) in [5.41, 5.74) is 2.24. The van der Waals surface area contributed by atoms with Crippen LogP contribution in [0, 0.1) is 0 Å². The summed E-state index contributed by atoms with van der Waals surface area (Å²) in [6, 6.07) is 21.0. The van der Waals surface area contributed by atoms with E-state index in [2.05, 4.69) is 14.9 Å². The Balaban J connectivity index is 1.48. The van der Waals surface area contributed by atoms with Gasteiger partial charge in [-0.1, -0.05) is 24.3 Å². The molecule has 0 aliphatic rings. The zero-order valence-corrected chi connectivity index (χ0v) is 16.5. The molecule has 1 aromatic heterocycles. The van der Waals surface area contributed by atoms with Gasteiger partial charge < -0.3 is 18.6 Å². The van der Waals surface area contributed by atoms with Crippen molar-refractivity contribution in [3.05, 3.63) is 78.4 Å². The van der Waals surface area contributed by atoms with Crippen molar-refractivity contribution in [2.75, 3.05) is 7.11 Å². The van der Waals surface area contributed by atoms with Gasteiger partial charge in [-0.25, -0.2) is 0 Å². The first-order chi connectivity index (χ1) is 15.1. The Morgan fingerprint density at radius 2 is 1.55 bits per heavy atom. The van der Waals surface area contributed by atoms with Crippen LogP contribution in [0.15, 0.2) is 77.2 Å². The van der Waals surface area contributed by atoms with Gasteiger partial charge in [0.15, 0.2) is 11.5 Å². The molecule has 0 fully saturated rings. The molecule has 0 aliphatic heterocycles. The number of nitrogens with zero attached hydrogens (tertiary/aromatic N) is 2. The predicted octanol–water partition coefficient (Wildman–Crippen LogP) is 5.59. The molecule has 31 heavy (non-hydrogen) atoms. The first-order valence-electron chi connectivity index (χ1n) is 9.36. The van der Waals surface area contributed by atoms with E-state index < -0.39 is 6.61 Å². The summed E-state index contributed by atoms with van der Waals surface area (Å²) in [7, 11) is 1.59. The standard InChI is InChI=1S/C23H18F2N2O4/c1-28-19-7-2-3-8-20(19)29-14-15-5-4-6-17(13-15)22-27-26-21(31-22)16-9-11-18(12-10-16)30-23(24)25/h2-13,23H,14H2,1H3. The van der Waals surface area contributed by atoms with Gasteiger partial charge in [0, 0.05) is 11.1 Å². The lowest BCUT2D eigenvalue weighted by Gasteiger charge is -2.10. The summed E-state index contributed by atoms with van der Waals surface area (Å²) >= 11 is 0. The number of hydrogen-bond donors (Lipinski definition) is 0. The molecule has 0 bridgehead atoms. The maximum Gasteiger partial charge on any atom is 0.387 e. The molecule has 0 radical (unpaired) electrons. The minimum atomic E-state index is -2.87. The first-order valence-corrected chi connectivity index (χ1v) is 9.36. The molecule has 8 heteroatoms. The lowest BCUT2D eigenvalue weighted by Crippen LogP contribution is -2.01. The Morgan fingerprint density at radius 1 is 0.839 bits per heavy atom. The highest BCUT2D eigenvalue weighted by atomic mass is 19.3. The summed E-state index contributed by atoms with van der Waals surface area (Å²) < 4.78 is 45.8. The van der Waals surface area contributed by atoms with Crippen LogP contribution in [0.25, 0.3) is 22.9 Å². The summed E-state index contributed by atoms with van der Waals surface area (Å²) in [5, 5.41) is 8.14. The molecule has 0 N–H and O–H groups in total. The molecule has 4 rings (SSSR count). The molecule has 1 heterocycles. The average Bonchev–Trinajstić information content (AvgIpc) is 3.28. The molecule has 0 unspecified atom stereocenters. The van der Waals surface area contributed by atoms with Gasteiger partial charge in [0.05, 0.1) is 7.11 Å². The largest absolute Gasteiger partial charge is 0.493 e. The number of alkyl halides is 2. The molecule has 0 amide bonds. The Bertz CT molecular complexity index is 1150. The van der Waals surface area contributed by atoms with Crippen LogP contribution in [0.3, 0.4) is 0 Å². The van der Waals surface area contributed by atoms with Gasteiger partial charge in [-0.15, -0.1) is 10.2 Å². The second-order valence-electron chi connectivity index (χ2n) is 6.46. The van der Waals surface area contributed by atoms with E-state index in [-0.39, 0.29) is 11.6 Å². The van der Waals surface area contributed by atoms with Gasteiger partial charge in [0.25, 0.3) is 0 Å². The van der Waals surface area contributed by atoms with Crippen molar-refractivity contribution in [2.45, 2.75) is 13.2 Å². The predicted molar refractivity (Wildman–Crippen MR) is 109 cm³/mol. The molecule has 0 atom stereocenters. The van der Waals surface area contributed by atoms with Crippen LogP contribution in [0.5, 0.6) is 17.2 Å². The summed E-state index contributed by atoms with van der Waals surface area (Å²) in [6.45, 7) is -2.54. The number of methoxy groups -OCH3 is 1. The summed E-state index contributed by atoms with van der Waals surface area (Å²) in [4.78, 5) is 0. The van der Waals surface area contributed by atoms with Crippen molar-refractivity contribution < 1.29 is 27.4 Å². The molecule has 158 valence electrons. The van der Waals surface area contributed by atoms with Gasteiger partial charge >= 0.3 is 6.61 Å². The Morgan fingerprint density at radius 3 is 2.26 bits per heavy atom. The molecular formula is C23H18F2N2O4. The Kier molecular flexibility index (Phi) is 6.07. The third kappa shape index (κ3) is 4.98. The van der Waals surface area contributed by atoms with Crippen LogP contribution in [0.1, 0.15) is 5.56 Å². The van der Waals surface area contributed by atoms with Crippen LogP contribution < -0.4 is 14.2 Å². The maximum absolute atomic E-state index is 12.3. The van der Waals surface area contributed by atoms with Crippen molar-refractivity contribution in [1.29, 1.82) is 0 Å². The fraction of sp³-hybridized carbons (Fsp3) is 0.130. The van der Waals surface area contributed by atoms with Gasteiger partial charge in [-0.05, 0) is 54.1 Å². The fourth-order valence-corrected chi connectivity index (χ4v) is 2.93. The van der Waals surface area contributed by atoms with Crippen molar-refractivity contribution in [3.8, 4) is 40.2 Å². The summed E-state index contributed by atoms with van der Waals surface area (Å²) in [6.07, 6.45) is 0. The number of halogens is 2. The lowest BCUT2D eigenvalue weighted by molar-refractivity contribution is -0.0498. The van der Waals surface area contributed by atoms with Crippen molar-refractivity contribution in [1.82, 2.24) is 10.2 Å². The van der Waals surface area contributed by atoms with Crippen LogP contribution >= 0.6 is 0 Å². The molecule has 0 saturated heterocycles. The quantitative estimate of drug-likeness (QED) is 0.367. The molecule has 0 saturated carbocycles. The summed E-state index contributed by atoms with van der Waals surface area (Å²) in [5.74, 6) is 1.97. The van der Waals surface area contributed by atoms with E-state index in [0.29, 0.717) is 29.6 Å². The van der Waals surface area contributed by atoms with E-state index in [1.54, 1.807) is 19.2 Å². The van der Waals surface area contributed by atoms with Crippen molar-refractivity contribution in [3.63, 3.8) is 0 Å². The number of benzene rings is 3. The van der Waals surface area contributed by atoms with E-state index in [1.165, 1.54) is 12.1 Å². The Labute approximate surface area is 177 Å². The first kappa shape index (κ1) is 20.3. The zero-order valence-electron chi connectivity index (χ0n) is 16.5. The minimum Gasteiger partial charge on any atom is -0.493 e. The molecule has 6 nitrogen and oxygen atoms in total. The van der Waals surface area contributed by atoms with Crippen LogP contribution in [0.2, 0.25) is 0 Å². The topological polar surface area (TPSA) is 66.6 Å². The van der Waals surface area contributed by atoms with Crippen molar-refractivity contribution in [2.24, 2.45) is 0 Å². The van der Waals surface area contributed by atoms with Crippen LogP contribution in [0.4, 0.5) is 8.78 Å². The number of ether oxygens (including phenoxy) is 3. The van der Waals surface area contributed by atoms with E-state index in [9.17, 15) is 8.78 Å². The number of para-hydroxylation sites is 2. The van der Waals surface area contributed by atoms with Crippen molar-refractivity contribution >= 4 is 0 Å². The van der Waals surface area contributed by atoms with Crippen LogP contribution in [-0.4, -0.2) is 23.9 Å². The van der Waals surface area contributed by atoms with E-state index >= 15 is 0 Å². The normalized spacial score (nSPS) is 10.8. The zero-order chi connectivity index (χ0) is 21.6. The monoisotopic (exact) mass is 424 g/mol. The average molecular weight is 424 g/mol. The second kappa shape index (κ2) is 9.25. The maximum atomic E-state index is 12.3. The van der Waals surface area contributed by atoms with Gasteiger partial charge in [0.1, 0.15) is 12.4 Å². The lowest BCUT2D eigenvalue weighted by atomic mass is 10.1. The van der Waals surface area contributed by atoms with E-state index in [0.717, 1.165) is 11.1 Å². The molecule has 0 aliphatic carbocycles. The smallest absolute Gasteiger partial charge is 0.387 e. The van der Waals surface area contributed by atoms with Gasteiger partial charge in [-0.2, -0.15) is 8.78 Å². The molecular weight excluding hydrogens is 406 g/mol. The minimum absolute atomic E-state index is 0.0567.